The minimum atomic E-state index is -0.786. The lowest BCUT2D eigenvalue weighted by Gasteiger charge is -2.28. The number of carbonyl (C=O) groups excluding carboxylic acids is 1. The first kappa shape index (κ1) is 29.1. The Labute approximate surface area is 192 Å². The molecule has 0 rings (SSSR count). The molecule has 2 N–H and O–H groups in total. The molecule has 0 spiro atoms. The van der Waals surface area contributed by atoms with E-state index in [0.29, 0.717) is 6.54 Å². The molecule has 0 aromatic carbocycles. The van der Waals surface area contributed by atoms with Gasteiger partial charge in [-0.1, -0.05) is 120 Å². The average Bonchev–Trinajstić information content (AvgIpc) is 2.77. The predicted molar refractivity (Wildman–Crippen MR) is 136 cm³/mol. The van der Waals surface area contributed by atoms with Crippen molar-refractivity contribution in [2.45, 2.75) is 103 Å². The van der Waals surface area contributed by atoms with Crippen molar-refractivity contribution >= 4 is 5.91 Å². The Kier molecular flexibility index (Phi) is 20.1. The Morgan fingerprint density at radius 2 is 1.29 bits per heavy atom. The summed E-state index contributed by atoms with van der Waals surface area (Å²) in [5.74, 6) is -0.154. The number of unbranched alkanes of at least 4 members (excludes halogenated alkanes) is 6. The maximum absolute atomic E-state index is 12.1. The van der Waals surface area contributed by atoms with Gasteiger partial charge in [0.15, 0.2) is 0 Å². The molecule has 0 aromatic heterocycles. The Morgan fingerprint density at radius 3 is 1.94 bits per heavy atom. The quantitative estimate of drug-likeness (QED) is 0.128. The van der Waals surface area contributed by atoms with Crippen molar-refractivity contribution in [1.29, 1.82) is 0 Å². The predicted octanol–water partition coefficient (Wildman–Crippen LogP) is 7.36. The number of hydrogen-bond acceptors (Lipinski definition) is 2. The Bertz CT molecular complexity index is 572. The summed E-state index contributed by atoms with van der Waals surface area (Å²) in [5, 5.41) is 13.8. The highest BCUT2D eigenvalue weighted by Gasteiger charge is 2.25. The Balaban J connectivity index is 4.17. The molecule has 0 aliphatic heterocycles. The SMILES string of the molecule is CCCC=CC=CCCC=CC=CC=CC(=O)NCC(O)(CCCC)CCCCCC. The van der Waals surface area contributed by atoms with Crippen molar-refractivity contribution in [1.82, 2.24) is 5.32 Å². The van der Waals surface area contributed by atoms with Gasteiger partial charge in [0, 0.05) is 12.6 Å². The third-order valence-corrected chi connectivity index (χ3v) is 5.14. The fourth-order valence-electron chi connectivity index (χ4n) is 3.15. The van der Waals surface area contributed by atoms with Gasteiger partial charge in [0.25, 0.3) is 0 Å². The van der Waals surface area contributed by atoms with Crippen LogP contribution in [0.15, 0.2) is 60.8 Å². The van der Waals surface area contributed by atoms with Crippen LogP contribution in [0.1, 0.15) is 97.8 Å². The summed E-state index contributed by atoms with van der Waals surface area (Å²) < 4.78 is 0. The number of allylic oxidation sites excluding steroid dienone is 9. The Morgan fingerprint density at radius 1 is 0.710 bits per heavy atom. The van der Waals surface area contributed by atoms with Crippen molar-refractivity contribution in [3.63, 3.8) is 0 Å². The second-order valence-electron chi connectivity index (χ2n) is 8.25. The average molecular weight is 430 g/mol. The van der Waals surface area contributed by atoms with E-state index in [9.17, 15) is 9.90 Å². The highest BCUT2D eigenvalue weighted by molar-refractivity contribution is 5.87. The summed E-state index contributed by atoms with van der Waals surface area (Å²) in [7, 11) is 0. The van der Waals surface area contributed by atoms with Gasteiger partial charge in [-0.3, -0.25) is 4.79 Å². The van der Waals surface area contributed by atoms with E-state index < -0.39 is 5.60 Å². The van der Waals surface area contributed by atoms with Crippen molar-refractivity contribution in [3.8, 4) is 0 Å². The minimum Gasteiger partial charge on any atom is -0.388 e. The zero-order valence-corrected chi connectivity index (χ0v) is 20.3. The van der Waals surface area contributed by atoms with Crippen LogP contribution in [0, 0.1) is 0 Å². The molecule has 0 aromatic rings. The standard InChI is InChI=1S/C28H47NO2/c1-4-7-10-12-13-14-15-16-17-18-19-20-21-23-27(30)29-26-28(31,24-9-6-3)25-22-11-8-5-2/h10,12-14,17-21,23,31H,4-9,11,15-16,22,24-26H2,1-3H3,(H,29,30). The zero-order valence-electron chi connectivity index (χ0n) is 20.3. The van der Waals surface area contributed by atoms with E-state index in [-0.39, 0.29) is 5.91 Å². The highest BCUT2D eigenvalue weighted by Crippen LogP contribution is 2.21. The molecule has 3 nitrogen and oxygen atoms in total. The molecule has 0 heterocycles. The second-order valence-corrected chi connectivity index (χ2v) is 8.25. The smallest absolute Gasteiger partial charge is 0.244 e. The third-order valence-electron chi connectivity index (χ3n) is 5.14. The molecule has 1 unspecified atom stereocenters. The van der Waals surface area contributed by atoms with Crippen molar-refractivity contribution in [2.24, 2.45) is 0 Å². The molecule has 0 fully saturated rings. The lowest BCUT2D eigenvalue weighted by Crippen LogP contribution is -2.42. The highest BCUT2D eigenvalue weighted by atomic mass is 16.3. The summed E-state index contributed by atoms with van der Waals surface area (Å²) >= 11 is 0. The molecule has 1 amide bonds. The molecule has 1 atom stereocenters. The summed E-state index contributed by atoms with van der Waals surface area (Å²) in [6.45, 7) is 6.82. The maximum atomic E-state index is 12.1. The lowest BCUT2D eigenvalue weighted by atomic mass is 9.90. The maximum Gasteiger partial charge on any atom is 0.244 e. The van der Waals surface area contributed by atoms with Crippen LogP contribution in [0.5, 0.6) is 0 Å². The Hall–Kier alpha value is -1.87. The van der Waals surface area contributed by atoms with Gasteiger partial charge < -0.3 is 10.4 Å². The van der Waals surface area contributed by atoms with E-state index >= 15 is 0 Å². The first-order valence-electron chi connectivity index (χ1n) is 12.4. The van der Waals surface area contributed by atoms with Gasteiger partial charge in [0.05, 0.1) is 5.60 Å². The van der Waals surface area contributed by atoms with E-state index in [4.69, 9.17) is 0 Å². The monoisotopic (exact) mass is 429 g/mol. The number of aliphatic hydroxyl groups is 1. The fourth-order valence-corrected chi connectivity index (χ4v) is 3.15. The molecule has 3 heteroatoms. The molecule has 0 saturated heterocycles. The molecule has 0 radical (unpaired) electrons. The van der Waals surface area contributed by atoms with Crippen LogP contribution < -0.4 is 5.32 Å². The number of amides is 1. The number of nitrogens with one attached hydrogen (secondary N) is 1. The van der Waals surface area contributed by atoms with E-state index in [1.54, 1.807) is 6.08 Å². The van der Waals surface area contributed by atoms with Gasteiger partial charge >= 0.3 is 0 Å². The van der Waals surface area contributed by atoms with Gasteiger partial charge in [-0.2, -0.15) is 0 Å². The van der Waals surface area contributed by atoms with Crippen LogP contribution in [-0.2, 0) is 4.79 Å². The summed E-state index contributed by atoms with van der Waals surface area (Å²) in [6.07, 6.45) is 32.2. The van der Waals surface area contributed by atoms with Crippen LogP contribution in [0.3, 0.4) is 0 Å². The van der Waals surface area contributed by atoms with E-state index in [1.165, 1.54) is 25.3 Å². The van der Waals surface area contributed by atoms with Crippen LogP contribution >= 0.6 is 0 Å². The fraction of sp³-hybridized carbons (Fsp3) is 0.607. The topological polar surface area (TPSA) is 49.3 Å². The van der Waals surface area contributed by atoms with Gasteiger partial charge in [-0.05, 0) is 32.1 Å². The van der Waals surface area contributed by atoms with Crippen LogP contribution in [0.25, 0.3) is 0 Å². The molecule has 0 bridgehead atoms. The minimum absolute atomic E-state index is 0.154. The zero-order chi connectivity index (χ0) is 23.0. The summed E-state index contributed by atoms with van der Waals surface area (Å²) in [4.78, 5) is 12.1. The van der Waals surface area contributed by atoms with Crippen molar-refractivity contribution in [2.75, 3.05) is 6.54 Å². The van der Waals surface area contributed by atoms with Crippen molar-refractivity contribution < 1.29 is 9.90 Å². The van der Waals surface area contributed by atoms with Crippen LogP contribution in [0.4, 0.5) is 0 Å². The molecular formula is C28H47NO2. The molecule has 0 saturated carbocycles. The normalized spacial score (nSPS) is 14.6. The molecular weight excluding hydrogens is 382 g/mol. The van der Waals surface area contributed by atoms with Crippen LogP contribution in [0.2, 0.25) is 0 Å². The molecule has 176 valence electrons. The summed E-state index contributed by atoms with van der Waals surface area (Å²) in [5.41, 5.74) is -0.786. The van der Waals surface area contributed by atoms with E-state index in [2.05, 4.69) is 56.5 Å². The lowest BCUT2D eigenvalue weighted by molar-refractivity contribution is -0.118. The van der Waals surface area contributed by atoms with Gasteiger partial charge in [-0.25, -0.2) is 0 Å². The van der Waals surface area contributed by atoms with Crippen LogP contribution in [-0.4, -0.2) is 23.2 Å². The number of carbonyl (C=O) groups is 1. The first-order valence-corrected chi connectivity index (χ1v) is 12.4. The van der Waals surface area contributed by atoms with Gasteiger partial charge in [0.1, 0.15) is 0 Å². The molecule has 0 aliphatic rings. The van der Waals surface area contributed by atoms with Crippen molar-refractivity contribution in [3.05, 3.63) is 60.8 Å². The van der Waals surface area contributed by atoms with E-state index in [1.807, 2.05) is 18.2 Å². The molecule has 31 heavy (non-hydrogen) atoms. The van der Waals surface area contributed by atoms with Gasteiger partial charge in [-0.15, -0.1) is 0 Å². The summed E-state index contributed by atoms with van der Waals surface area (Å²) in [6, 6.07) is 0. The van der Waals surface area contributed by atoms with E-state index in [0.717, 1.165) is 57.8 Å². The molecule has 0 aliphatic carbocycles. The number of hydrogen-bond donors (Lipinski definition) is 2. The third kappa shape index (κ3) is 19.8. The van der Waals surface area contributed by atoms with Gasteiger partial charge in [0.2, 0.25) is 5.91 Å². The largest absolute Gasteiger partial charge is 0.388 e. The first-order chi connectivity index (χ1) is 15.1. The second kappa shape index (κ2) is 21.4. The number of rotatable bonds is 19.